The summed E-state index contributed by atoms with van der Waals surface area (Å²) in [6, 6.07) is 4.17. The van der Waals surface area contributed by atoms with E-state index in [0.717, 1.165) is 18.2 Å². The number of hydrogen-bond acceptors (Lipinski definition) is 2. The van der Waals surface area contributed by atoms with Crippen LogP contribution in [0.5, 0.6) is 0 Å². The number of halogens is 4. The number of sulfonamides is 1. The average Bonchev–Trinajstić information content (AvgIpc) is 2.44. The van der Waals surface area contributed by atoms with Crippen LogP contribution in [0.25, 0.3) is 0 Å². The van der Waals surface area contributed by atoms with E-state index < -0.39 is 44.2 Å². The second kappa shape index (κ2) is 6.05. The van der Waals surface area contributed by atoms with E-state index >= 15 is 0 Å². The van der Waals surface area contributed by atoms with Gasteiger partial charge in [-0.15, -0.1) is 0 Å². The molecule has 0 heterocycles. The first-order valence-electron chi connectivity index (χ1n) is 6.13. The van der Waals surface area contributed by atoms with Crippen LogP contribution in [-0.4, -0.2) is 8.42 Å². The van der Waals surface area contributed by atoms with Crippen molar-refractivity contribution < 1.29 is 26.0 Å². The molecule has 2 aromatic rings. The van der Waals surface area contributed by atoms with Gasteiger partial charge in [0.15, 0.2) is 23.3 Å². The van der Waals surface area contributed by atoms with Crippen molar-refractivity contribution in [3.63, 3.8) is 0 Å². The standard InChI is InChI=1S/C14H11F4NO2S/c1-8(9-2-4-11(15)13(17)6-9)19-22(20,21)10-3-5-12(16)14(18)7-10/h2-8,19H,1H3/t8-/m0/s1. The number of nitrogens with one attached hydrogen (secondary N) is 1. The first kappa shape index (κ1) is 16.4. The Labute approximate surface area is 124 Å². The highest BCUT2D eigenvalue weighted by molar-refractivity contribution is 7.89. The molecule has 2 rings (SSSR count). The minimum absolute atomic E-state index is 0.185. The molecule has 0 amide bonds. The van der Waals surface area contributed by atoms with Crippen LogP contribution in [0.1, 0.15) is 18.5 Å². The maximum atomic E-state index is 13.1. The topological polar surface area (TPSA) is 46.2 Å². The van der Waals surface area contributed by atoms with Gasteiger partial charge in [-0.25, -0.2) is 30.7 Å². The van der Waals surface area contributed by atoms with Gasteiger partial charge in [0.1, 0.15) is 0 Å². The molecule has 0 radical (unpaired) electrons. The summed E-state index contributed by atoms with van der Waals surface area (Å²) in [6.07, 6.45) is 0. The SMILES string of the molecule is C[C@H](NS(=O)(=O)c1ccc(F)c(F)c1)c1ccc(F)c(F)c1. The number of benzene rings is 2. The van der Waals surface area contributed by atoms with Gasteiger partial charge in [0.05, 0.1) is 4.90 Å². The summed E-state index contributed by atoms with van der Waals surface area (Å²) in [5.41, 5.74) is 0.185. The molecular formula is C14H11F4NO2S. The Balaban J connectivity index is 2.27. The molecule has 2 aromatic carbocycles. The Morgan fingerprint density at radius 1 is 0.864 bits per heavy atom. The van der Waals surface area contributed by atoms with Crippen LogP contribution < -0.4 is 4.72 Å². The lowest BCUT2D eigenvalue weighted by Crippen LogP contribution is -2.27. The minimum atomic E-state index is -4.14. The summed E-state index contributed by atoms with van der Waals surface area (Å²) < 4.78 is 78.2. The molecule has 0 aliphatic rings. The molecule has 0 unspecified atom stereocenters. The third-order valence-corrected chi connectivity index (χ3v) is 4.52. The van der Waals surface area contributed by atoms with Crippen molar-refractivity contribution in [1.82, 2.24) is 4.72 Å². The second-order valence-corrected chi connectivity index (χ2v) is 6.31. The molecule has 0 aliphatic carbocycles. The molecule has 22 heavy (non-hydrogen) atoms. The lowest BCUT2D eigenvalue weighted by molar-refractivity contribution is 0.502. The molecule has 0 bridgehead atoms. The van der Waals surface area contributed by atoms with Crippen molar-refractivity contribution in [1.29, 1.82) is 0 Å². The maximum Gasteiger partial charge on any atom is 0.241 e. The summed E-state index contributed by atoms with van der Waals surface area (Å²) in [5, 5.41) is 0. The van der Waals surface area contributed by atoms with E-state index in [0.29, 0.717) is 12.1 Å². The highest BCUT2D eigenvalue weighted by atomic mass is 32.2. The molecule has 1 atom stereocenters. The molecule has 0 fully saturated rings. The quantitative estimate of drug-likeness (QED) is 0.873. The van der Waals surface area contributed by atoms with Gasteiger partial charge in [0.2, 0.25) is 10.0 Å². The van der Waals surface area contributed by atoms with Gasteiger partial charge in [-0.3, -0.25) is 0 Å². The molecule has 0 spiro atoms. The smallest absolute Gasteiger partial charge is 0.207 e. The van der Waals surface area contributed by atoms with E-state index in [-0.39, 0.29) is 5.56 Å². The van der Waals surface area contributed by atoms with Crippen LogP contribution in [0.15, 0.2) is 41.3 Å². The Morgan fingerprint density at radius 2 is 1.41 bits per heavy atom. The molecular weight excluding hydrogens is 322 g/mol. The van der Waals surface area contributed by atoms with Gasteiger partial charge in [-0.05, 0) is 42.8 Å². The van der Waals surface area contributed by atoms with E-state index in [4.69, 9.17) is 0 Å². The summed E-state index contributed by atoms with van der Waals surface area (Å²) in [6.45, 7) is 1.41. The molecule has 0 aliphatic heterocycles. The zero-order chi connectivity index (χ0) is 16.5. The predicted octanol–water partition coefficient (Wildman–Crippen LogP) is 3.28. The molecule has 118 valence electrons. The normalized spacial score (nSPS) is 13.1. The van der Waals surface area contributed by atoms with Crippen molar-refractivity contribution >= 4 is 10.0 Å². The average molecular weight is 333 g/mol. The molecule has 1 N–H and O–H groups in total. The van der Waals surface area contributed by atoms with E-state index in [1.165, 1.54) is 13.0 Å². The second-order valence-electron chi connectivity index (χ2n) is 4.59. The maximum absolute atomic E-state index is 13.1. The van der Waals surface area contributed by atoms with E-state index in [2.05, 4.69) is 4.72 Å². The van der Waals surface area contributed by atoms with Crippen LogP contribution in [0.3, 0.4) is 0 Å². The highest BCUT2D eigenvalue weighted by Gasteiger charge is 2.20. The van der Waals surface area contributed by atoms with Gasteiger partial charge >= 0.3 is 0 Å². The van der Waals surface area contributed by atoms with Crippen LogP contribution in [0.4, 0.5) is 17.6 Å². The van der Waals surface area contributed by atoms with Crippen molar-refractivity contribution in [2.75, 3.05) is 0 Å². The molecule has 0 saturated carbocycles. The number of hydrogen-bond donors (Lipinski definition) is 1. The molecule has 0 saturated heterocycles. The van der Waals surface area contributed by atoms with Crippen molar-refractivity contribution in [2.24, 2.45) is 0 Å². The fourth-order valence-electron chi connectivity index (χ4n) is 1.79. The van der Waals surface area contributed by atoms with Crippen LogP contribution in [0.2, 0.25) is 0 Å². The van der Waals surface area contributed by atoms with Crippen molar-refractivity contribution in [2.45, 2.75) is 17.9 Å². The third-order valence-electron chi connectivity index (χ3n) is 2.98. The fraction of sp³-hybridized carbons (Fsp3) is 0.143. The summed E-state index contributed by atoms with van der Waals surface area (Å²) in [4.78, 5) is -0.471. The summed E-state index contributed by atoms with van der Waals surface area (Å²) >= 11 is 0. The Hall–Kier alpha value is -1.93. The van der Waals surface area contributed by atoms with Gasteiger partial charge in [-0.1, -0.05) is 6.07 Å². The van der Waals surface area contributed by atoms with Crippen molar-refractivity contribution in [3.8, 4) is 0 Å². The lowest BCUT2D eigenvalue weighted by Gasteiger charge is -2.15. The largest absolute Gasteiger partial charge is 0.241 e. The van der Waals surface area contributed by atoms with Gasteiger partial charge in [0.25, 0.3) is 0 Å². The highest BCUT2D eigenvalue weighted by Crippen LogP contribution is 2.20. The minimum Gasteiger partial charge on any atom is -0.207 e. The zero-order valence-electron chi connectivity index (χ0n) is 11.3. The Kier molecular flexibility index (Phi) is 4.52. The van der Waals surface area contributed by atoms with Gasteiger partial charge < -0.3 is 0 Å². The predicted molar refractivity (Wildman–Crippen MR) is 71.5 cm³/mol. The molecule has 3 nitrogen and oxygen atoms in total. The van der Waals surface area contributed by atoms with E-state index in [1.54, 1.807) is 0 Å². The Morgan fingerprint density at radius 3 is 1.95 bits per heavy atom. The third kappa shape index (κ3) is 3.45. The van der Waals surface area contributed by atoms with E-state index in [9.17, 15) is 26.0 Å². The van der Waals surface area contributed by atoms with Gasteiger partial charge in [-0.2, -0.15) is 0 Å². The molecule has 8 heteroatoms. The van der Waals surface area contributed by atoms with Crippen LogP contribution >= 0.6 is 0 Å². The van der Waals surface area contributed by atoms with Crippen molar-refractivity contribution in [3.05, 3.63) is 65.2 Å². The van der Waals surface area contributed by atoms with Crippen LogP contribution in [-0.2, 0) is 10.0 Å². The monoisotopic (exact) mass is 333 g/mol. The Bertz CT molecular complexity index is 808. The summed E-state index contributed by atoms with van der Waals surface area (Å²) in [7, 11) is -4.14. The molecule has 0 aromatic heterocycles. The first-order valence-corrected chi connectivity index (χ1v) is 7.61. The number of rotatable bonds is 4. The zero-order valence-corrected chi connectivity index (χ0v) is 12.1. The van der Waals surface area contributed by atoms with Crippen LogP contribution in [0, 0.1) is 23.3 Å². The lowest BCUT2D eigenvalue weighted by atomic mass is 10.1. The van der Waals surface area contributed by atoms with Gasteiger partial charge in [0, 0.05) is 6.04 Å². The first-order chi connectivity index (χ1) is 10.2. The van der Waals surface area contributed by atoms with E-state index in [1.807, 2.05) is 0 Å². The fourth-order valence-corrected chi connectivity index (χ4v) is 3.04. The summed E-state index contributed by atoms with van der Waals surface area (Å²) in [5.74, 6) is -4.65.